The molecule has 0 radical (unpaired) electrons. The largest absolute Gasteiger partial charge is 0.418 e. The van der Waals surface area contributed by atoms with Gasteiger partial charge in [0.05, 0.1) is 5.56 Å². The fourth-order valence-electron chi connectivity index (χ4n) is 1.90. The highest BCUT2D eigenvalue weighted by atomic mass is 79.9. The SMILES string of the molecule is O=C1CCC(Nc2cc(Br)ccc2C(F)(F)F)C(=O)N1. The van der Waals surface area contributed by atoms with Crippen LogP contribution in [0.3, 0.4) is 0 Å². The molecule has 108 valence electrons. The molecule has 1 aromatic rings. The Bertz CT molecular complexity index is 560. The second kappa shape index (κ2) is 5.43. The Hall–Kier alpha value is -1.57. The summed E-state index contributed by atoms with van der Waals surface area (Å²) in [6, 6.07) is 2.60. The molecular formula is C12H10BrF3N2O2. The van der Waals surface area contributed by atoms with Crippen LogP contribution in [0.2, 0.25) is 0 Å². The van der Waals surface area contributed by atoms with Gasteiger partial charge < -0.3 is 5.32 Å². The molecule has 0 saturated carbocycles. The predicted octanol–water partition coefficient (Wildman–Crippen LogP) is 2.69. The minimum absolute atomic E-state index is 0.0960. The molecular weight excluding hydrogens is 341 g/mol. The zero-order chi connectivity index (χ0) is 14.9. The molecule has 1 aliphatic heterocycles. The Kier molecular flexibility index (Phi) is 4.03. The number of benzene rings is 1. The lowest BCUT2D eigenvalue weighted by Crippen LogP contribution is -2.47. The quantitative estimate of drug-likeness (QED) is 0.806. The number of halogens is 4. The molecule has 0 bridgehead atoms. The second-order valence-corrected chi connectivity index (χ2v) is 5.25. The summed E-state index contributed by atoms with van der Waals surface area (Å²) in [5.74, 6) is -1.03. The number of alkyl halides is 3. The Labute approximate surface area is 120 Å². The number of piperidine rings is 1. The van der Waals surface area contributed by atoms with Crippen molar-refractivity contribution < 1.29 is 22.8 Å². The van der Waals surface area contributed by atoms with Crippen LogP contribution >= 0.6 is 15.9 Å². The van der Waals surface area contributed by atoms with Crippen molar-refractivity contribution in [3.63, 3.8) is 0 Å². The van der Waals surface area contributed by atoms with E-state index < -0.39 is 29.6 Å². The van der Waals surface area contributed by atoms with Gasteiger partial charge in [-0.1, -0.05) is 15.9 Å². The average molecular weight is 351 g/mol. The van der Waals surface area contributed by atoms with Crippen LogP contribution in [0.5, 0.6) is 0 Å². The lowest BCUT2D eigenvalue weighted by atomic mass is 10.0. The van der Waals surface area contributed by atoms with Gasteiger partial charge in [0, 0.05) is 16.6 Å². The van der Waals surface area contributed by atoms with Gasteiger partial charge in [-0.05, 0) is 24.6 Å². The van der Waals surface area contributed by atoms with Crippen molar-refractivity contribution in [2.24, 2.45) is 0 Å². The molecule has 1 atom stereocenters. The first kappa shape index (κ1) is 14.8. The standard InChI is InChI=1S/C12H10BrF3N2O2/c13-6-1-2-7(12(14,15)16)9(5-6)17-8-3-4-10(19)18-11(8)20/h1-2,5,8,17H,3-4H2,(H,18,19,20). The Balaban J connectivity index is 2.26. The third-order valence-electron chi connectivity index (χ3n) is 2.86. The van der Waals surface area contributed by atoms with E-state index in [1.54, 1.807) is 0 Å². The second-order valence-electron chi connectivity index (χ2n) is 4.34. The lowest BCUT2D eigenvalue weighted by molar-refractivity contribution is -0.138. The van der Waals surface area contributed by atoms with Crippen LogP contribution in [-0.4, -0.2) is 17.9 Å². The lowest BCUT2D eigenvalue weighted by Gasteiger charge is -2.24. The van der Waals surface area contributed by atoms with E-state index in [-0.39, 0.29) is 18.5 Å². The highest BCUT2D eigenvalue weighted by Gasteiger charge is 2.35. The number of hydrogen-bond acceptors (Lipinski definition) is 3. The van der Waals surface area contributed by atoms with Gasteiger partial charge in [-0.15, -0.1) is 0 Å². The van der Waals surface area contributed by atoms with E-state index in [0.717, 1.165) is 6.07 Å². The van der Waals surface area contributed by atoms with E-state index in [1.165, 1.54) is 12.1 Å². The zero-order valence-electron chi connectivity index (χ0n) is 10.1. The van der Waals surface area contributed by atoms with Crippen molar-refractivity contribution in [2.45, 2.75) is 25.1 Å². The maximum absolute atomic E-state index is 12.9. The number of rotatable bonds is 2. The molecule has 20 heavy (non-hydrogen) atoms. The third kappa shape index (κ3) is 3.30. The van der Waals surface area contributed by atoms with E-state index in [1.807, 2.05) is 0 Å². The molecule has 2 amide bonds. The summed E-state index contributed by atoms with van der Waals surface area (Å²) >= 11 is 3.09. The van der Waals surface area contributed by atoms with E-state index in [9.17, 15) is 22.8 Å². The minimum atomic E-state index is -4.52. The van der Waals surface area contributed by atoms with Crippen molar-refractivity contribution in [2.75, 3.05) is 5.32 Å². The average Bonchev–Trinajstić information content (AvgIpc) is 2.31. The van der Waals surface area contributed by atoms with Gasteiger partial charge in [0.1, 0.15) is 6.04 Å². The molecule has 1 saturated heterocycles. The molecule has 1 unspecified atom stereocenters. The van der Waals surface area contributed by atoms with Gasteiger partial charge >= 0.3 is 6.18 Å². The summed E-state index contributed by atoms with van der Waals surface area (Å²) < 4.78 is 39.1. The third-order valence-corrected chi connectivity index (χ3v) is 3.35. The highest BCUT2D eigenvalue weighted by Crippen LogP contribution is 2.36. The van der Waals surface area contributed by atoms with E-state index in [4.69, 9.17) is 0 Å². The molecule has 0 spiro atoms. The van der Waals surface area contributed by atoms with E-state index in [2.05, 4.69) is 26.6 Å². The molecule has 2 rings (SSSR count). The number of carbonyl (C=O) groups excluding carboxylic acids is 2. The van der Waals surface area contributed by atoms with Crippen LogP contribution in [0, 0.1) is 0 Å². The summed E-state index contributed by atoms with van der Waals surface area (Å²) in [6.45, 7) is 0. The minimum Gasteiger partial charge on any atom is -0.373 e. The molecule has 1 aromatic carbocycles. The molecule has 1 heterocycles. The first-order valence-electron chi connectivity index (χ1n) is 5.74. The van der Waals surface area contributed by atoms with Crippen LogP contribution in [0.1, 0.15) is 18.4 Å². The molecule has 8 heteroatoms. The number of amides is 2. The predicted molar refractivity (Wildman–Crippen MR) is 68.9 cm³/mol. The number of nitrogens with one attached hydrogen (secondary N) is 2. The Morgan fingerprint density at radius 3 is 2.60 bits per heavy atom. The maximum atomic E-state index is 12.9. The van der Waals surface area contributed by atoms with Crippen molar-refractivity contribution in [1.82, 2.24) is 5.32 Å². The van der Waals surface area contributed by atoms with Gasteiger partial charge in [0.15, 0.2) is 0 Å². The fraction of sp³-hybridized carbons (Fsp3) is 0.333. The summed E-state index contributed by atoms with van der Waals surface area (Å²) in [4.78, 5) is 22.6. The number of hydrogen-bond donors (Lipinski definition) is 2. The van der Waals surface area contributed by atoms with Crippen LogP contribution in [0.15, 0.2) is 22.7 Å². The smallest absolute Gasteiger partial charge is 0.373 e. The fourth-order valence-corrected chi connectivity index (χ4v) is 2.26. The van der Waals surface area contributed by atoms with Crippen molar-refractivity contribution in [3.8, 4) is 0 Å². The monoisotopic (exact) mass is 350 g/mol. The summed E-state index contributed by atoms with van der Waals surface area (Å²) in [5.41, 5.74) is -1.05. The van der Waals surface area contributed by atoms with Crippen LogP contribution < -0.4 is 10.6 Å². The molecule has 4 nitrogen and oxygen atoms in total. The first-order valence-corrected chi connectivity index (χ1v) is 6.53. The van der Waals surface area contributed by atoms with Crippen LogP contribution in [-0.2, 0) is 15.8 Å². The van der Waals surface area contributed by atoms with Crippen LogP contribution in [0.25, 0.3) is 0 Å². The molecule has 0 aromatic heterocycles. The first-order chi connectivity index (χ1) is 9.27. The number of anilines is 1. The van der Waals surface area contributed by atoms with Crippen molar-refractivity contribution in [3.05, 3.63) is 28.2 Å². The van der Waals surface area contributed by atoms with Crippen molar-refractivity contribution in [1.29, 1.82) is 0 Å². The number of imide groups is 1. The van der Waals surface area contributed by atoms with E-state index in [0.29, 0.717) is 4.47 Å². The summed E-state index contributed by atoms with van der Waals surface area (Å²) in [7, 11) is 0. The molecule has 1 fully saturated rings. The topological polar surface area (TPSA) is 58.2 Å². The normalized spacial score (nSPS) is 19.7. The molecule has 0 aliphatic carbocycles. The Morgan fingerprint density at radius 1 is 1.30 bits per heavy atom. The zero-order valence-corrected chi connectivity index (χ0v) is 11.6. The van der Waals surface area contributed by atoms with Crippen LogP contribution in [0.4, 0.5) is 18.9 Å². The number of carbonyl (C=O) groups is 2. The Morgan fingerprint density at radius 2 is 2.00 bits per heavy atom. The maximum Gasteiger partial charge on any atom is 0.418 e. The van der Waals surface area contributed by atoms with E-state index >= 15 is 0 Å². The molecule has 2 N–H and O–H groups in total. The van der Waals surface area contributed by atoms with Crippen molar-refractivity contribution >= 4 is 33.4 Å². The summed E-state index contributed by atoms with van der Waals surface area (Å²) in [5, 5.41) is 4.64. The van der Waals surface area contributed by atoms with Gasteiger partial charge in [0.2, 0.25) is 11.8 Å². The van der Waals surface area contributed by atoms with Gasteiger partial charge in [-0.2, -0.15) is 13.2 Å². The summed E-state index contributed by atoms with van der Waals surface area (Å²) in [6.07, 6.45) is -4.27. The van der Waals surface area contributed by atoms with Gasteiger partial charge in [-0.25, -0.2) is 0 Å². The highest BCUT2D eigenvalue weighted by molar-refractivity contribution is 9.10. The van der Waals surface area contributed by atoms with Gasteiger partial charge in [-0.3, -0.25) is 14.9 Å². The molecule has 1 aliphatic rings. The van der Waals surface area contributed by atoms with Gasteiger partial charge in [0.25, 0.3) is 0 Å².